The Bertz CT molecular complexity index is 602. The van der Waals surface area contributed by atoms with Crippen molar-refractivity contribution in [1.29, 1.82) is 0 Å². The maximum absolute atomic E-state index is 12.1. The lowest BCUT2D eigenvalue weighted by Gasteiger charge is -2.10. The lowest BCUT2D eigenvalue weighted by molar-refractivity contribution is 0.102. The van der Waals surface area contributed by atoms with Gasteiger partial charge in [-0.15, -0.1) is 5.10 Å². The number of carbonyl (C=O) groups excluding carboxylic acids is 1. The third-order valence-electron chi connectivity index (χ3n) is 2.53. The number of aromatic nitrogens is 4. The van der Waals surface area contributed by atoms with Crippen molar-refractivity contribution >= 4 is 23.1 Å². The van der Waals surface area contributed by atoms with Crippen molar-refractivity contribution in [3.63, 3.8) is 0 Å². The van der Waals surface area contributed by atoms with Crippen LogP contribution in [0.1, 0.15) is 26.8 Å². The second-order valence-electron chi connectivity index (χ2n) is 3.90. The van der Waals surface area contributed by atoms with Crippen LogP contribution in [0.5, 0.6) is 6.01 Å². The van der Waals surface area contributed by atoms with Crippen LogP contribution < -0.4 is 10.1 Å². The molecule has 8 heteroatoms. The molecule has 2 rings (SSSR count). The van der Waals surface area contributed by atoms with Crippen molar-refractivity contribution in [2.75, 3.05) is 12.4 Å². The average molecular weight is 279 g/mol. The predicted octanol–water partition coefficient (Wildman–Crippen LogP) is 1.51. The molecule has 0 aliphatic heterocycles. The lowest BCUT2D eigenvalue weighted by Crippen LogP contribution is -2.15. The molecule has 0 aliphatic carbocycles. The zero-order chi connectivity index (χ0) is 14.0. The summed E-state index contributed by atoms with van der Waals surface area (Å²) in [5, 5.41) is 6.59. The molecule has 0 unspecified atom stereocenters. The van der Waals surface area contributed by atoms with E-state index in [0.717, 1.165) is 11.5 Å². The highest BCUT2D eigenvalue weighted by Crippen LogP contribution is 2.21. The summed E-state index contributed by atoms with van der Waals surface area (Å²) in [5.41, 5.74) is 2.48. The molecule has 0 atom stereocenters. The molecule has 2 aromatic heterocycles. The van der Waals surface area contributed by atoms with E-state index in [1.807, 2.05) is 0 Å². The predicted molar refractivity (Wildman–Crippen MR) is 70.7 cm³/mol. The number of ether oxygens (including phenoxy) is 1. The molecular formula is C11H13N5O2S. The summed E-state index contributed by atoms with van der Waals surface area (Å²) < 4.78 is 8.71. The van der Waals surface area contributed by atoms with E-state index >= 15 is 0 Å². The Morgan fingerprint density at radius 3 is 2.26 bits per heavy atom. The average Bonchev–Trinajstić information content (AvgIpc) is 2.79. The molecule has 0 spiro atoms. The number of aryl methyl sites for hydroxylation is 3. The first-order valence-corrected chi connectivity index (χ1v) is 6.29. The van der Waals surface area contributed by atoms with E-state index in [4.69, 9.17) is 4.74 Å². The van der Waals surface area contributed by atoms with Crippen LogP contribution in [0.4, 0.5) is 5.69 Å². The Labute approximate surface area is 114 Å². The molecule has 2 aromatic rings. The van der Waals surface area contributed by atoms with Crippen LogP contribution in [0, 0.1) is 20.8 Å². The van der Waals surface area contributed by atoms with Gasteiger partial charge in [0.05, 0.1) is 29.9 Å². The minimum absolute atomic E-state index is 0.257. The standard InChI is InChI=1S/C11H13N5O2S/c1-5-8(6(2)13-11(12-5)18-4)14-10(17)9-7(3)15-16-19-9/h1-4H3,(H,14,17). The highest BCUT2D eigenvalue weighted by Gasteiger charge is 2.17. The topological polar surface area (TPSA) is 89.9 Å². The number of hydrogen-bond donors (Lipinski definition) is 1. The summed E-state index contributed by atoms with van der Waals surface area (Å²) in [6.07, 6.45) is 0. The molecule has 100 valence electrons. The first-order valence-electron chi connectivity index (χ1n) is 5.52. The molecule has 0 radical (unpaired) electrons. The van der Waals surface area contributed by atoms with Gasteiger partial charge in [-0.3, -0.25) is 4.79 Å². The van der Waals surface area contributed by atoms with Crippen molar-refractivity contribution in [2.24, 2.45) is 0 Å². The van der Waals surface area contributed by atoms with Crippen molar-refractivity contribution in [2.45, 2.75) is 20.8 Å². The number of amides is 1. The summed E-state index contributed by atoms with van der Waals surface area (Å²) in [7, 11) is 1.50. The molecule has 7 nitrogen and oxygen atoms in total. The van der Waals surface area contributed by atoms with Crippen LogP contribution in [-0.2, 0) is 0 Å². The van der Waals surface area contributed by atoms with E-state index in [0.29, 0.717) is 27.6 Å². The third kappa shape index (κ3) is 2.68. The largest absolute Gasteiger partial charge is 0.467 e. The maximum atomic E-state index is 12.1. The van der Waals surface area contributed by atoms with Crippen molar-refractivity contribution in [1.82, 2.24) is 19.6 Å². The summed E-state index contributed by atoms with van der Waals surface area (Å²) in [5.74, 6) is -0.257. The summed E-state index contributed by atoms with van der Waals surface area (Å²) >= 11 is 1.06. The monoisotopic (exact) mass is 279 g/mol. The molecule has 0 fully saturated rings. The van der Waals surface area contributed by atoms with Crippen LogP contribution >= 0.6 is 11.5 Å². The lowest BCUT2D eigenvalue weighted by atomic mass is 10.2. The Hall–Kier alpha value is -2.09. The fourth-order valence-corrected chi connectivity index (χ4v) is 2.12. The van der Waals surface area contributed by atoms with E-state index in [1.165, 1.54) is 7.11 Å². The summed E-state index contributed by atoms with van der Waals surface area (Å²) in [6, 6.07) is 0.281. The Morgan fingerprint density at radius 2 is 1.79 bits per heavy atom. The first kappa shape index (κ1) is 13.3. The van der Waals surface area contributed by atoms with Crippen molar-refractivity contribution < 1.29 is 9.53 Å². The van der Waals surface area contributed by atoms with Crippen molar-refractivity contribution in [3.05, 3.63) is 22.0 Å². The van der Waals surface area contributed by atoms with Crippen LogP contribution in [0.2, 0.25) is 0 Å². The minimum atomic E-state index is -0.257. The van der Waals surface area contributed by atoms with E-state index < -0.39 is 0 Å². The van der Waals surface area contributed by atoms with Crippen LogP contribution in [0.25, 0.3) is 0 Å². The second kappa shape index (κ2) is 5.27. The van der Waals surface area contributed by atoms with Gasteiger partial charge in [-0.1, -0.05) is 4.49 Å². The van der Waals surface area contributed by atoms with E-state index in [-0.39, 0.29) is 11.9 Å². The fourth-order valence-electron chi connectivity index (χ4n) is 1.57. The van der Waals surface area contributed by atoms with Gasteiger partial charge in [0.15, 0.2) is 0 Å². The van der Waals surface area contributed by atoms with Gasteiger partial charge in [0, 0.05) is 0 Å². The van der Waals surface area contributed by atoms with Gasteiger partial charge in [0.25, 0.3) is 5.91 Å². The van der Waals surface area contributed by atoms with Gasteiger partial charge >= 0.3 is 6.01 Å². The third-order valence-corrected chi connectivity index (χ3v) is 3.36. The number of anilines is 1. The second-order valence-corrected chi connectivity index (χ2v) is 4.65. The molecular weight excluding hydrogens is 266 g/mol. The number of hydrogen-bond acceptors (Lipinski definition) is 7. The van der Waals surface area contributed by atoms with Crippen molar-refractivity contribution in [3.8, 4) is 6.01 Å². The van der Waals surface area contributed by atoms with E-state index in [9.17, 15) is 4.79 Å². The Kier molecular flexibility index (Phi) is 3.70. The molecule has 19 heavy (non-hydrogen) atoms. The van der Waals surface area contributed by atoms with Gasteiger partial charge in [0.1, 0.15) is 4.88 Å². The van der Waals surface area contributed by atoms with Gasteiger partial charge in [0.2, 0.25) is 0 Å². The van der Waals surface area contributed by atoms with Gasteiger partial charge in [-0.25, -0.2) is 0 Å². The molecule has 1 N–H and O–H groups in total. The molecule has 1 amide bonds. The first-order chi connectivity index (χ1) is 9.02. The number of nitrogens with one attached hydrogen (secondary N) is 1. The smallest absolute Gasteiger partial charge is 0.316 e. The zero-order valence-electron chi connectivity index (χ0n) is 11.0. The van der Waals surface area contributed by atoms with E-state index in [1.54, 1.807) is 20.8 Å². The number of rotatable bonds is 3. The molecule has 0 aromatic carbocycles. The van der Waals surface area contributed by atoms with Crippen LogP contribution in [0.15, 0.2) is 0 Å². The summed E-state index contributed by atoms with van der Waals surface area (Å²) in [6.45, 7) is 5.30. The molecule has 0 saturated heterocycles. The highest BCUT2D eigenvalue weighted by atomic mass is 32.1. The Balaban J connectivity index is 2.29. The highest BCUT2D eigenvalue weighted by molar-refractivity contribution is 7.08. The van der Waals surface area contributed by atoms with Crippen LogP contribution in [-0.4, -0.2) is 32.6 Å². The summed E-state index contributed by atoms with van der Waals surface area (Å²) in [4.78, 5) is 20.8. The number of methoxy groups -OCH3 is 1. The maximum Gasteiger partial charge on any atom is 0.316 e. The normalized spacial score (nSPS) is 10.3. The fraction of sp³-hybridized carbons (Fsp3) is 0.364. The van der Waals surface area contributed by atoms with Gasteiger partial charge in [-0.2, -0.15) is 9.97 Å². The molecule has 0 saturated carbocycles. The number of nitrogens with zero attached hydrogens (tertiary/aromatic N) is 4. The minimum Gasteiger partial charge on any atom is -0.467 e. The number of carbonyl (C=O) groups is 1. The van der Waals surface area contributed by atoms with Crippen LogP contribution in [0.3, 0.4) is 0 Å². The zero-order valence-corrected chi connectivity index (χ0v) is 11.8. The molecule has 2 heterocycles. The quantitative estimate of drug-likeness (QED) is 0.916. The SMILES string of the molecule is COc1nc(C)c(NC(=O)c2snnc2C)c(C)n1. The van der Waals surface area contributed by atoms with Gasteiger partial charge in [-0.05, 0) is 32.3 Å². The Morgan fingerprint density at radius 1 is 1.16 bits per heavy atom. The molecule has 0 bridgehead atoms. The van der Waals surface area contributed by atoms with Gasteiger partial charge < -0.3 is 10.1 Å². The van der Waals surface area contributed by atoms with E-state index in [2.05, 4.69) is 24.9 Å². The molecule has 0 aliphatic rings.